The van der Waals surface area contributed by atoms with E-state index in [-0.39, 0.29) is 16.6 Å². The molecule has 24 heavy (non-hydrogen) atoms. The molecule has 0 radical (unpaired) electrons. The molecule has 0 bridgehead atoms. The lowest BCUT2D eigenvalue weighted by atomic mass is 9.73. The number of carbonyl (C=O) groups excluding carboxylic acids is 1. The molecule has 2 aromatic rings. The van der Waals surface area contributed by atoms with Crippen LogP contribution in [0.5, 0.6) is 0 Å². The minimum absolute atomic E-state index is 0.0987. The number of ketones is 1. The molecule has 2 nitrogen and oxygen atoms in total. The predicted octanol–water partition coefficient (Wildman–Crippen LogP) is 5.61. The fourth-order valence-corrected chi connectivity index (χ4v) is 3.10. The van der Waals surface area contributed by atoms with Crippen molar-refractivity contribution in [1.82, 2.24) is 4.98 Å². The normalized spacial score (nSPS) is 12.2. The van der Waals surface area contributed by atoms with Crippen LogP contribution in [0.4, 0.5) is 0 Å². The van der Waals surface area contributed by atoms with Crippen LogP contribution in [0.3, 0.4) is 0 Å². The molecule has 1 aromatic carbocycles. The molecule has 0 saturated carbocycles. The Bertz CT molecular complexity index is 669. The minimum atomic E-state index is 0.0987. The first kappa shape index (κ1) is 18.4. The van der Waals surface area contributed by atoms with Crippen molar-refractivity contribution >= 4 is 5.78 Å². The molecule has 128 valence electrons. The van der Waals surface area contributed by atoms with Gasteiger partial charge in [0, 0.05) is 18.0 Å². The van der Waals surface area contributed by atoms with Crippen LogP contribution in [0.25, 0.3) is 0 Å². The highest BCUT2D eigenvalue weighted by molar-refractivity contribution is 5.94. The highest BCUT2D eigenvalue weighted by Crippen LogP contribution is 2.35. The van der Waals surface area contributed by atoms with Gasteiger partial charge in [0.25, 0.3) is 0 Å². The van der Waals surface area contributed by atoms with Crippen molar-refractivity contribution in [1.29, 1.82) is 0 Å². The number of hydrogen-bond acceptors (Lipinski definition) is 2. The summed E-state index contributed by atoms with van der Waals surface area (Å²) in [7, 11) is 0. The molecule has 0 saturated heterocycles. The van der Waals surface area contributed by atoms with Crippen molar-refractivity contribution in [2.75, 3.05) is 0 Å². The molecule has 0 amide bonds. The maximum Gasteiger partial charge on any atom is 0.159 e. The maximum atomic E-state index is 11.4. The largest absolute Gasteiger partial charge is 0.295 e. The molecule has 0 aliphatic carbocycles. The van der Waals surface area contributed by atoms with E-state index < -0.39 is 0 Å². The highest BCUT2D eigenvalue weighted by Gasteiger charge is 2.26. The monoisotopic (exact) mass is 323 g/mol. The lowest BCUT2D eigenvalue weighted by Crippen LogP contribution is -2.23. The summed E-state index contributed by atoms with van der Waals surface area (Å²) in [5.74, 6) is 0.122. The Labute approximate surface area is 146 Å². The van der Waals surface area contributed by atoms with Gasteiger partial charge in [0.1, 0.15) is 0 Å². The van der Waals surface area contributed by atoms with Crippen molar-refractivity contribution < 1.29 is 4.79 Å². The third-order valence-corrected chi connectivity index (χ3v) is 4.91. The van der Waals surface area contributed by atoms with Crippen LogP contribution in [0.15, 0.2) is 48.8 Å². The van der Waals surface area contributed by atoms with Crippen LogP contribution < -0.4 is 0 Å². The molecule has 1 aromatic heterocycles. The van der Waals surface area contributed by atoms with Gasteiger partial charge in [-0.25, -0.2) is 0 Å². The molecule has 0 unspecified atom stereocenters. The standard InChI is InChI=1S/C22H29NO/c1-17(24)19-8-10-20(11-9-19)22(4,5)13-12-21(2,3)15-18-7-6-14-23-16-18/h6-11,14,16H,12-13,15H2,1-5H3. The Morgan fingerprint density at radius 2 is 1.67 bits per heavy atom. The second-order valence-corrected chi connectivity index (χ2v) is 8.22. The van der Waals surface area contributed by atoms with E-state index in [0.29, 0.717) is 0 Å². The molecular formula is C22H29NO. The van der Waals surface area contributed by atoms with Crippen LogP contribution in [0.1, 0.15) is 68.9 Å². The van der Waals surface area contributed by atoms with E-state index in [0.717, 1.165) is 24.8 Å². The molecule has 0 N–H and O–H groups in total. The number of nitrogens with zero attached hydrogens (tertiary/aromatic N) is 1. The van der Waals surface area contributed by atoms with Gasteiger partial charge < -0.3 is 0 Å². The minimum Gasteiger partial charge on any atom is -0.295 e. The van der Waals surface area contributed by atoms with Gasteiger partial charge in [-0.15, -0.1) is 0 Å². The van der Waals surface area contributed by atoms with Gasteiger partial charge in [0.05, 0.1) is 0 Å². The van der Waals surface area contributed by atoms with Crippen LogP contribution >= 0.6 is 0 Å². The van der Waals surface area contributed by atoms with E-state index in [9.17, 15) is 4.79 Å². The fourth-order valence-electron chi connectivity index (χ4n) is 3.10. The second-order valence-electron chi connectivity index (χ2n) is 8.22. The Balaban J connectivity index is 2.01. The Morgan fingerprint density at radius 1 is 1.00 bits per heavy atom. The van der Waals surface area contributed by atoms with E-state index in [4.69, 9.17) is 0 Å². The summed E-state index contributed by atoms with van der Waals surface area (Å²) in [6.07, 6.45) is 7.08. The summed E-state index contributed by atoms with van der Waals surface area (Å²) >= 11 is 0. The average molecular weight is 323 g/mol. The van der Waals surface area contributed by atoms with Crippen LogP contribution in [0, 0.1) is 5.41 Å². The third-order valence-electron chi connectivity index (χ3n) is 4.91. The van der Waals surface area contributed by atoms with Gasteiger partial charge in [-0.3, -0.25) is 9.78 Å². The number of hydrogen-bond donors (Lipinski definition) is 0. The summed E-state index contributed by atoms with van der Waals surface area (Å²) in [6.45, 7) is 10.8. The van der Waals surface area contributed by atoms with Crippen molar-refractivity contribution in [3.8, 4) is 0 Å². The molecule has 0 aliphatic heterocycles. The van der Waals surface area contributed by atoms with E-state index in [1.54, 1.807) is 6.92 Å². The number of benzene rings is 1. The van der Waals surface area contributed by atoms with E-state index in [1.165, 1.54) is 11.1 Å². The van der Waals surface area contributed by atoms with Gasteiger partial charge in [-0.2, -0.15) is 0 Å². The number of carbonyl (C=O) groups is 1. The number of pyridine rings is 1. The van der Waals surface area contributed by atoms with E-state index in [1.807, 2.05) is 30.6 Å². The molecule has 0 atom stereocenters. The number of rotatable bonds is 7. The summed E-state index contributed by atoms with van der Waals surface area (Å²) < 4.78 is 0. The number of Topliss-reactive ketones (excluding diaryl/α,β-unsaturated/α-hetero) is 1. The predicted molar refractivity (Wildman–Crippen MR) is 100 cm³/mol. The van der Waals surface area contributed by atoms with E-state index in [2.05, 4.69) is 50.9 Å². The first-order chi connectivity index (χ1) is 11.2. The van der Waals surface area contributed by atoms with Gasteiger partial charge in [0.2, 0.25) is 0 Å². The lowest BCUT2D eigenvalue weighted by Gasteiger charge is -2.32. The van der Waals surface area contributed by atoms with E-state index >= 15 is 0 Å². The average Bonchev–Trinajstić information content (AvgIpc) is 2.54. The smallest absolute Gasteiger partial charge is 0.159 e. The van der Waals surface area contributed by atoms with Gasteiger partial charge in [-0.05, 0) is 54.2 Å². The first-order valence-corrected chi connectivity index (χ1v) is 8.70. The molecule has 1 heterocycles. The summed E-state index contributed by atoms with van der Waals surface area (Å²) in [4.78, 5) is 15.7. The van der Waals surface area contributed by atoms with Gasteiger partial charge in [-0.1, -0.05) is 58.0 Å². The SMILES string of the molecule is CC(=O)c1ccc(C(C)(C)CCC(C)(C)Cc2cccnc2)cc1. The van der Waals surface area contributed by atoms with Gasteiger partial charge >= 0.3 is 0 Å². The van der Waals surface area contributed by atoms with Crippen LogP contribution in [-0.4, -0.2) is 10.8 Å². The molecule has 0 fully saturated rings. The fraction of sp³-hybridized carbons (Fsp3) is 0.455. The molecular weight excluding hydrogens is 294 g/mol. The summed E-state index contributed by atoms with van der Waals surface area (Å²) in [5.41, 5.74) is 3.71. The zero-order chi connectivity index (χ0) is 17.8. The Kier molecular flexibility index (Phi) is 5.58. The zero-order valence-electron chi connectivity index (χ0n) is 15.6. The topological polar surface area (TPSA) is 30.0 Å². The Hall–Kier alpha value is -1.96. The lowest BCUT2D eigenvalue weighted by molar-refractivity contribution is 0.101. The molecule has 0 spiro atoms. The zero-order valence-corrected chi connectivity index (χ0v) is 15.6. The van der Waals surface area contributed by atoms with Crippen molar-refractivity contribution in [2.45, 2.75) is 59.3 Å². The molecule has 2 rings (SSSR count). The molecule has 0 aliphatic rings. The van der Waals surface area contributed by atoms with Crippen molar-refractivity contribution in [3.05, 3.63) is 65.5 Å². The van der Waals surface area contributed by atoms with Crippen molar-refractivity contribution in [3.63, 3.8) is 0 Å². The second kappa shape index (κ2) is 7.29. The Morgan fingerprint density at radius 3 is 2.21 bits per heavy atom. The van der Waals surface area contributed by atoms with Crippen LogP contribution in [-0.2, 0) is 11.8 Å². The quantitative estimate of drug-likeness (QED) is 0.620. The van der Waals surface area contributed by atoms with Gasteiger partial charge in [0.15, 0.2) is 5.78 Å². The summed E-state index contributed by atoms with van der Waals surface area (Å²) in [5, 5.41) is 0. The van der Waals surface area contributed by atoms with Crippen molar-refractivity contribution in [2.24, 2.45) is 5.41 Å². The summed E-state index contributed by atoms with van der Waals surface area (Å²) in [6, 6.07) is 12.3. The number of aromatic nitrogens is 1. The first-order valence-electron chi connectivity index (χ1n) is 8.70. The highest BCUT2D eigenvalue weighted by atomic mass is 16.1. The maximum absolute atomic E-state index is 11.4. The molecule has 2 heteroatoms. The van der Waals surface area contributed by atoms with Crippen LogP contribution in [0.2, 0.25) is 0 Å². The third kappa shape index (κ3) is 5.02.